The Morgan fingerprint density at radius 3 is 1.27 bits per heavy atom. The molecule has 10 nitrogen and oxygen atoms in total. The summed E-state index contributed by atoms with van der Waals surface area (Å²) in [6, 6.07) is 19.2. The summed E-state index contributed by atoms with van der Waals surface area (Å²) >= 11 is 26.1. The second-order valence-corrected chi connectivity index (χ2v) is 18.7. The van der Waals surface area contributed by atoms with Gasteiger partial charge in [0.1, 0.15) is 20.1 Å². The molecule has 0 atom stereocenters. The molecule has 2 heterocycles. The molecule has 0 aromatic heterocycles. The van der Waals surface area contributed by atoms with Crippen LogP contribution in [0.5, 0.6) is 11.5 Å². The molecule has 0 fully saturated rings. The average Bonchev–Trinajstić information content (AvgIpc) is 3.20. The molecule has 0 spiro atoms. The first-order chi connectivity index (χ1) is 27.4. The van der Waals surface area contributed by atoms with Gasteiger partial charge in [0.25, 0.3) is 0 Å². The van der Waals surface area contributed by atoms with E-state index in [1.165, 1.54) is 12.1 Å². The number of aromatic carboxylic acids is 2. The monoisotopic (exact) mass is 1330 g/mol. The molecule has 4 aromatic carbocycles. The van der Waals surface area contributed by atoms with Gasteiger partial charge in [0.05, 0.1) is 29.4 Å². The first-order valence-corrected chi connectivity index (χ1v) is 22.3. The molecule has 0 radical (unpaired) electrons. The second kappa shape index (κ2) is 19.8. The smallest absolute Gasteiger partial charge is 0.871 e. The zero-order valence-electron chi connectivity index (χ0n) is 30.1. The molecular formula is C40H13Br8Na2O10-. The molecule has 0 saturated heterocycles. The van der Waals surface area contributed by atoms with Crippen LogP contribution in [-0.4, -0.2) is 17.0 Å². The summed E-state index contributed by atoms with van der Waals surface area (Å²) in [4.78, 5) is 48.5. The van der Waals surface area contributed by atoms with Gasteiger partial charge in [0.2, 0.25) is 10.9 Å². The van der Waals surface area contributed by atoms with Gasteiger partial charge >= 0.3 is 65.1 Å². The van der Waals surface area contributed by atoms with Crippen LogP contribution in [0.15, 0.2) is 127 Å². The van der Waals surface area contributed by atoms with E-state index in [0.717, 1.165) is 0 Å². The molecule has 2 aliphatic heterocycles. The van der Waals surface area contributed by atoms with E-state index in [4.69, 9.17) is 8.83 Å². The van der Waals surface area contributed by atoms with Crippen LogP contribution in [0.3, 0.4) is 0 Å². The number of benzene rings is 6. The third-order valence-corrected chi connectivity index (χ3v) is 14.1. The van der Waals surface area contributed by atoms with E-state index in [1.807, 2.05) is 0 Å². The Kier molecular flexibility index (Phi) is 16.4. The van der Waals surface area contributed by atoms with Crippen LogP contribution < -0.4 is 85.3 Å². The van der Waals surface area contributed by atoms with E-state index in [9.17, 15) is 39.6 Å². The molecule has 292 valence electrons. The van der Waals surface area contributed by atoms with Gasteiger partial charge in [-0.25, -0.2) is 4.79 Å². The fourth-order valence-corrected chi connectivity index (χ4v) is 11.1. The summed E-state index contributed by atoms with van der Waals surface area (Å²) in [5.74, 6) is -2.71. The van der Waals surface area contributed by atoms with Gasteiger partial charge in [-0.2, -0.15) is 0 Å². The number of halogens is 8. The van der Waals surface area contributed by atoms with Crippen molar-refractivity contribution in [1.29, 1.82) is 0 Å². The normalized spacial score (nSPS) is 10.9. The van der Waals surface area contributed by atoms with Crippen molar-refractivity contribution in [2.45, 2.75) is 0 Å². The molecule has 2 aliphatic carbocycles. The molecule has 0 bridgehead atoms. The van der Waals surface area contributed by atoms with Crippen LogP contribution in [0.2, 0.25) is 0 Å². The van der Waals surface area contributed by atoms with Crippen LogP contribution in [0.25, 0.3) is 66.8 Å². The number of rotatable bonds is 4. The molecule has 4 aromatic rings. The van der Waals surface area contributed by atoms with E-state index in [0.29, 0.717) is 53.1 Å². The molecule has 0 unspecified atom stereocenters. The van der Waals surface area contributed by atoms with Crippen LogP contribution in [0.4, 0.5) is 0 Å². The Morgan fingerprint density at radius 2 is 0.883 bits per heavy atom. The summed E-state index contributed by atoms with van der Waals surface area (Å²) in [7, 11) is 0. The van der Waals surface area contributed by atoms with Gasteiger partial charge in [0, 0.05) is 47.5 Å². The summed E-state index contributed by atoms with van der Waals surface area (Å²) in [6.45, 7) is 0. The second-order valence-electron chi connectivity index (χ2n) is 12.2. The maximum Gasteiger partial charge on any atom is 1.00 e. The van der Waals surface area contributed by atoms with Crippen molar-refractivity contribution in [2.24, 2.45) is 0 Å². The minimum absolute atomic E-state index is 0. The summed E-state index contributed by atoms with van der Waals surface area (Å²) in [5.41, 5.74) is 2.61. The van der Waals surface area contributed by atoms with E-state index in [2.05, 4.69) is 127 Å². The van der Waals surface area contributed by atoms with E-state index in [-0.39, 0.29) is 142 Å². The SMILES string of the molecule is O=C(O)c1ccccc1-c1c2cc(Br)c(=O)c(Br)c-2oc2c(Br)c([O-])c(Br)cc12.O=C([O-])c1ccccc1-c1c2cc(Br)c(=O)c(Br)c-2oc2c(Br)c([O-])c(Br)cc12.[Na+].[Na+]. The van der Waals surface area contributed by atoms with E-state index < -0.39 is 11.9 Å². The fourth-order valence-electron chi connectivity index (χ4n) is 6.32. The van der Waals surface area contributed by atoms with Gasteiger partial charge in [-0.15, -0.1) is 0 Å². The van der Waals surface area contributed by atoms with Gasteiger partial charge in [-0.1, -0.05) is 85.8 Å². The Bertz CT molecular complexity index is 2940. The van der Waals surface area contributed by atoms with Gasteiger partial charge in [-0.3, -0.25) is 9.59 Å². The van der Waals surface area contributed by atoms with Crippen molar-refractivity contribution >= 4 is 161 Å². The zero-order chi connectivity index (χ0) is 42.1. The van der Waals surface area contributed by atoms with Gasteiger partial charge < -0.3 is 34.1 Å². The predicted octanol–water partition coefficient (Wildman–Crippen LogP) is 5.45. The van der Waals surface area contributed by atoms with Crippen molar-refractivity contribution < 1.29 is 98.0 Å². The summed E-state index contributed by atoms with van der Waals surface area (Å²) in [5, 5.41) is 47.3. The maximum atomic E-state index is 12.4. The van der Waals surface area contributed by atoms with E-state index >= 15 is 0 Å². The topological polar surface area (TPSA) is 184 Å². The number of hydrogen-bond acceptors (Lipinski definition) is 9. The molecule has 20 heteroatoms. The van der Waals surface area contributed by atoms with Crippen LogP contribution in [0, 0.1) is 0 Å². The summed E-state index contributed by atoms with van der Waals surface area (Å²) in [6.07, 6.45) is 0. The molecule has 8 rings (SSSR count). The molecular weight excluding hydrogens is 1330 g/mol. The van der Waals surface area contributed by atoms with Crippen molar-refractivity contribution in [3.05, 3.63) is 140 Å². The third kappa shape index (κ3) is 8.87. The average molecular weight is 1340 g/mol. The Morgan fingerprint density at radius 1 is 0.517 bits per heavy atom. The minimum Gasteiger partial charge on any atom is -0.871 e. The number of carboxylic acids is 2. The maximum absolute atomic E-state index is 12.4. The number of hydrogen-bond donors (Lipinski definition) is 1. The fraction of sp³-hybridized carbons (Fsp3) is 0. The standard InChI is InChI=1S/2C20H8Br4O5.2Na/c2*21-11-5-9-13(7-3-1-2-4-8(7)20(27)28)10-6-12(22)17(26)15(24)19(10)29-18(9)14(23)16(11)25;;/h2*1-6,25H,(H,27,28);;/q;;2*+1/p-3. The molecule has 1 N–H and O–H groups in total. The molecule has 0 amide bonds. The predicted molar refractivity (Wildman–Crippen MR) is 241 cm³/mol. The van der Waals surface area contributed by atoms with Crippen molar-refractivity contribution in [2.75, 3.05) is 0 Å². The molecule has 0 saturated carbocycles. The van der Waals surface area contributed by atoms with E-state index in [1.54, 1.807) is 60.7 Å². The third-order valence-electron chi connectivity index (χ3n) is 8.85. The number of fused-ring (bicyclic) bond motifs is 4. The quantitative estimate of drug-likeness (QED) is 0.176. The first kappa shape index (κ1) is 49.7. The van der Waals surface area contributed by atoms with Crippen molar-refractivity contribution in [3.8, 4) is 56.4 Å². The van der Waals surface area contributed by atoms with Crippen molar-refractivity contribution in [1.82, 2.24) is 0 Å². The Labute approximate surface area is 449 Å². The van der Waals surface area contributed by atoms with Gasteiger partial charge in [0.15, 0.2) is 11.5 Å². The zero-order valence-corrected chi connectivity index (χ0v) is 46.8. The molecule has 4 aliphatic rings. The van der Waals surface area contributed by atoms with Crippen LogP contribution >= 0.6 is 127 Å². The van der Waals surface area contributed by atoms with Crippen molar-refractivity contribution in [3.63, 3.8) is 0 Å². The number of carbonyl (C=O) groups excluding carboxylic acids is 1. The van der Waals surface area contributed by atoms with Gasteiger partial charge in [-0.05, 0) is 137 Å². The summed E-state index contributed by atoms with van der Waals surface area (Å²) < 4.78 is 13.7. The number of carbonyl (C=O) groups is 2. The molecule has 60 heavy (non-hydrogen) atoms. The first-order valence-electron chi connectivity index (χ1n) is 15.9. The largest absolute Gasteiger partial charge is 1.00 e. The minimum atomic E-state index is -1.35. The Hall–Kier alpha value is -1.36. The Balaban J connectivity index is 0.000000220. The van der Waals surface area contributed by atoms with Crippen LogP contribution in [0.1, 0.15) is 20.7 Å². The van der Waals surface area contributed by atoms with Crippen LogP contribution in [-0.2, 0) is 0 Å². The number of carboxylic acid groups (broad SMARTS) is 2.